The molecule has 158 valence electrons. The number of aliphatic hydroxyl groups is 2. The average Bonchev–Trinajstić information content (AvgIpc) is 2.81. The van der Waals surface area contributed by atoms with Crippen LogP contribution in [0.25, 0.3) is 11.3 Å². The number of aromatic nitrogens is 3. The van der Waals surface area contributed by atoms with Crippen molar-refractivity contribution in [1.29, 1.82) is 0 Å². The fourth-order valence-electron chi connectivity index (χ4n) is 3.23. The lowest BCUT2D eigenvalue weighted by Gasteiger charge is -2.16. The first-order valence-corrected chi connectivity index (χ1v) is 10.0. The monoisotopic (exact) mass is 408 g/mol. The Kier molecular flexibility index (Phi) is 7.70. The molecular formula is C23H28N4O3. The van der Waals surface area contributed by atoms with Crippen LogP contribution in [-0.2, 0) is 6.42 Å². The molecule has 0 saturated heterocycles. The molecule has 7 nitrogen and oxygen atoms in total. The summed E-state index contributed by atoms with van der Waals surface area (Å²) in [4.78, 5) is 13.1. The van der Waals surface area contributed by atoms with Gasteiger partial charge in [0.05, 0.1) is 25.5 Å². The molecule has 0 amide bonds. The molecule has 3 aromatic rings. The number of para-hydroxylation sites is 1. The maximum absolute atomic E-state index is 9.55. The summed E-state index contributed by atoms with van der Waals surface area (Å²) in [5.41, 5.74) is 3.72. The van der Waals surface area contributed by atoms with E-state index < -0.39 is 6.10 Å². The number of pyridine rings is 1. The van der Waals surface area contributed by atoms with Gasteiger partial charge in [-0.2, -0.15) is 0 Å². The Labute approximate surface area is 176 Å². The molecule has 0 fully saturated rings. The van der Waals surface area contributed by atoms with Gasteiger partial charge in [0, 0.05) is 36.0 Å². The molecule has 0 unspecified atom stereocenters. The van der Waals surface area contributed by atoms with E-state index >= 15 is 0 Å². The van der Waals surface area contributed by atoms with Crippen molar-refractivity contribution in [1.82, 2.24) is 15.0 Å². The van der Waals surface area contributed by atoms with Crippen LogP contribution in [0.3, 0.4) is 0 Å². The predicted octanol–water partition coefficient (Wildman–Crippen LogP) is 3.05. The molecule has 0 aliphatic heterocycles. The SMILES string of the molecule is COc1ccccc1[C@H](C)CNc1cc(-c2ccnc(CC[C@H](O)CO)c2)ncn1. The minimum absolute atomic E-state index is 0.241. The van der Waals surface area contributed by atoms with E-state index in [4.69, 9.17) is 9.84 Å². The first kappa shape index (κ1) is 21.7. The van der Waals surface area contributed by atoms with Crippen molar-refractivity contribution >= 4 is 5.82 Å². The highest BCUT2D eigenvalue weighted by Gasteiger charge is 2.12. The van der Waals surface area contributed by atoms with E-state index in [1.165, 1.54) is 0 Å². The third-order valence-corrected chi connectivity index (χ3v) is 4.98. The molecular weight excluding hydrogens is 380 g/mol. The molecule has 2 atom stereocenters. The topological polar surface area (TPSA) is 100 Å². The molecule has 0 aliphatic rings. The minimum Gasteiger partial charge on any atom is -0.496 e. The highest BCUT2D eigenvalue weighted by Crippen LogP contribution is 2.26. The molecule has 0 bridgehead atoms. The quantitative estimate of drug-likeness (QED) is 0.474. The third kappa shape index (κ3) is 5.75. The standard InChI is InChI=1S/C23H28N4O3/c1-16(20-5-3-4-6-22(20)30-2)13-25-23-12-21(26-15-27-23)17-9-10-24-18(11-17)7-8-19(29)14-28/h3-6,9-12,15-16,19,28-29H,7-8,13-14H2,1-2H3,(H,25,26,27)/t16-,19+/m1/s1. The van der Waals surface area contributed by atoms with E-state index in [2.05, 4.69) is 33.3 Å². The molecule has 0 radical (unpaired) electrons. The molecule has 30 heavy (non-hydrogen) atoms. The van der Waals surface area contributed by atoms with Crippen molar-refractivity contribution < 1.29 is 14.9 Å². The van der Waals surface area contributed by atoms with Gasteiger partial charge in [-0.25, -0.2) is 9.97 Å². The average molecular weight is 409 g/mol. The van der Waals surface area contributed by atoms with Gasteiger partial charge in [0.15, 0.2) is 0 Å². The second-order valence-corrected chi connectivity index (χ2v) is 7.22. The summed E-state index contributed by atoms with van der Waals surface area (Å²) < 4.78 is 5.46. The Hall–Kier alpha value is -3.03. The third-order valence-electron chi connectivity index (χ3n) is 4.98. The Morgan fingerprint density at radius 2 is 1.93 bits per heavy atom. The summed E-state index contributed by atoms with van der Waals surface area (Å²) in [5.74, 6) is 1.87. The summed E-state index contributed by atoms with van der Waals surface area (Å²) in [6.07, 6.45) is 3.60. The lowest BCUT2D eigenvalue weighted by molar-refractivity contribution is 0.0884. The largest absolute Gasteiger partial charge is 0.496 e. The van der Waals surface area contributed by atoms with Gasteiger partial charge in [-0.15, -0.1) is 0 Å². The van der Waals surface area contributed by atoms with E-state index in [1.807, 2.05) is 36.4 Å². The minimum atomic E-state index is -0.726. The van der Waals surface area contributed by atoms with Crippen LogP contribution in [0.5, 0.6) is 5.75 Å². The Morgan fingerprint density at radius 1 is 1.10 bits per heavy atom. The zero-order valence-electron chi connectivity index (χ0n) is 17.3. The zero-order valence-corrected chi connectivity index (χ0v) is 17.3. The first-order valence-electron chi connectivity index (χ1n) is 10.0. The molecule has 3 N–H and O–H groups in total. The highest BCUT2D eigenvalue weighted by atomic mass is 16.5. The molecule has 0 aliphatic carbocycles. The van der Waals surface area contributed by atoms with Crippen LogP contribution in [0, 0.1) is 0 Å². The van der Waals surface area contributed by atoms with Crippen LogP contribution in [0.2, 0.25) is 0 Å². The summed E-state index contributed by atoms with van der Waals surface area (Å²) in [5, 5.41) is 21.9. The molecule has 3 rings (SSSR count). The Morgan fingerprint density at radius 3 is 2.73 bits per heavy atom. The van der Waals surface area contributed by atoms with Gasteiger partial charge in [-0.05, 0) is 36.6 Å². The number of hydrogen-bond acceptors (Lipinski definition) is 7. The normalized spacial score (nSPS) is 12.9. The summed E-state index contributed by atoms with van der Waals surface area (Å²) in [6.45, 7) is 2.61. The molecule has 2 heterocycles. The number of ether oxygens (including phenoxy) is 1. The Balaban J connectivity index is 1.67. The van der Waals surface area contributed by atoms with Crippen molar-refractivity contribution in [3.05, 3.63) is 66.2 Å². The van der Waals surface area contributed by atoms with Crippen LogP contribution in [-0.4, -0.2) is 51.5 Å². The molecule has 2 aromatic heterocycles. The van der Waals surface area contributed by atoms with Crippen LogP contribution < -0.4 is 10.1 Å². The number of benzene rings is 1. The van der Waals surface area contributed by atoms with Crippen LogP contribution in [0.1, 0.15) is 30.5 Å². The Bertz CT molecular complexity index is 951. The number of anilines is 1. The van der Waals surface area contributed by atoms with E-state index in [9.17, 15) is 5.11 Å². The zero-order chi connectivity index (χ0) is 21.3. The lowest BCUT2D eigenvalue weighted by atomic mass is 10.00. The second-order valence-electron chi connectivity index (χ2n) is 7.22. The van der Waals surface area contributed by atoms with E-state index in [0.29, 0.717) is 19.4 Å². The number of rotatable bonds is 10. The molecule has 1 aromatic carbocycles. The van der Waals surface area contributed by atoms with Crippen LogP contribution in [0.15, 0.2) is 55.0 Å². The maximum atomic E-state index is 9.55. The van der Waals surface area contributed by atoms with Gasteiger partial charge in [0.25, 0.3) is 0 Å². The van der Waals surface area contributed by atoms with Gasteiger partial charge in [-0.1, -0.05) is 25.1 Å². The lowest BCUT2D eigenvalue weighted by Crippen LogP contribution is -2.13. The fraction of sp³-hybridized carbons (Fsp3) is 0.348. The fourth-order valence-corrected chi connectivity index (χ4v) is 3.23. The van der Waals surface area contributed by atoms with Gasteiger partial charge in [0.1, 0.15) is 17.9 Å². The molecule has 0 spiro atoms. The van der Waals surface area contributed by atoms with E-state index in [0.717, 1.165) is 34.1 Å². The van der Waals surface area contributed by atoms with Crippen molar-refractivity contribution in [3.8, 4) is 17.0 Å². The summed E-state index contributed by atoms with van der Waals surface area (Å²) in [6, 6.07) is 13.8. The van der Waals surface area contributed by atoms with Crippen molar-refractivity contribution in [2.75, 3.05) is 25.6 Å². The van der Waals surface area contributed by atoms with Crippen molar-refractivity contribution in [2.24, 2.45) is 0 Å². The smallest absolute Gasteiger partial charge is 0.129 e. The number of hydrogen-bond donors (Lipinski definition) is 3. The van der Waals surface area contributed by atoms with Crippen molar-refractivity contribution in [3.63, 3.8) is 0 Å². The number of aryl methyl sites for hydroxylation is 1. The summed E-state index contributed by atoms with van der Waals surface area (Å²) >= 11 is 0. The van der Waals surface area contributed by atoms with Crippen LogP contribution in [0.4, 0.5) is 5.82 Å². The molecule has 0 saturated carbocycles. The first-order chi connectivity index (χ1) is 14.6. The predicted molar refractivity (Wildman–Crippen MR) is 117 cm³/mol. The number of aliphatic hydroxyl groups excluding tert-OH is 2. The molecule has 7 heteroatoms. The van der Waals surface area contributed by atoms with Crippen LogP contribution >= 0.6 is 0 Å². The maximum Gasteiger partial charge on any atom is 0.129 e. The van der Waals surface area contributed by atoms with Gasteiger partial charge in [0.2, 0.25) is 0 Å². The van der Waals surface area contributed by atoms with E-state index in [-0.39, 0.29) is 12.5 Å². The van der Waals surface area contributed by atoms with Gasteiger partial charge in [-0.3, -0.25) is 4.98 Å². The highest BCUT2D eigenvalue weighted by molar-refractivity contribution is 5.62. The van der Waals surface area contributed by atoms with E-state index in [1.54, 1.807) is 19.6 Å². The number of nitrogens with zero attached hydrogens (tertiary/aromatic N) is 3. The second kappa shape index (κ2) is 10.7. The van der Waals surface area contributed by atoms with Crippen molar-refractivity contribution in [2.45, 2.75) is 31.8 Å². The number of methoxy groups -OCH3 is 1. The summed E-state index contributed by atoms with van der Waals surface area (Å²) in [7, 11) is 1.68. The van der Waals surface area contributed by atoms with Gasteiger partial charge >= 0.3 is 0 Å². The number of nitrogens with one attached hydrogen (secondary N) is 1. The van der Waals surface area contributed by atoms with Gasteiger partial charge < -0.3 is 20.3 Å².